The molecule has 166 valence electrons. The van der Waals surface area contributed by atoms with Crippen LogP contribution in [0, 0.1) is 11.7 Å². The molecule has 1 saturated heterocycles. The fourth-order valence-electron chi connectivity index (χ4n) is 4.15. The van der Waals surface area contributed by atoms with Crippen molar-refractivity contribution >= 4 is 22.9 Å². The van der Waals surface area contributed by atoms with E-state index < -0.39 is 17.8 Å². The third-order valence-corrected chi connectivity index (χ3v) is 5.86. The fourth-order valence-corrected chi connectivity index (χ4v) is 4.15. The van der Waals surface area contributed by atoms with Crippen molar-refractivity contribution in [1.29, 1.82) is 0 Å². The molecule has 4 rings (SSSR count). The molecule has 1 amide bonds. The minimum Gasteiger partial charge on any atom is -0.494 e. The van der Waals surface area contributed by atoms with Crippen molar-refractivity contribution in [2.45, 2.75) is 31.7 Å². The molecular weight excluding hydrogens is 413 g/mol. The lowest BCUT2D eigenvalue weighted by atomic mass is 9.88. The van der Waals surface area contributed by atoms with Gasteiger partial charge in [0.1, 0.15) is 0 Å². The minimum absolute atomic E-state index is 0.0770. The number of nitrogens with zero attached hydrogens (tertiary/aromatic N) is 3. The van der Waals surface area contributed by atoms with Gasteiger partial charge in [-0.15, -0.1) is 0 Å². The van der Waals surface area contributed by atoms with Crippen LogP contribution in [0.2, 0.25) is 0 Å². The number of aryl methyl sites for hydroxylation is 1. The summed E-state index contributed by atoms with van der Waals surface area (Å²) in [4.78, 5) is 34.5. The number of likely N-dealkylation sites (tertiary alicyclic amines) is 1. The number of fused-ring (bicyclic) bond motifs is 1. The van der Waals surface area contributed by atoms with Crippen molar-refractivity contribution in [2.24, 2.45) is 5.92 Å². The molecule has 1 aromatic carbocycles. The maximum atomic E-state index is 14.1. The topological polar surface area (TPSA) is 92.6 Å². The highest BCUT2D eigenvalue weighted by Gasteiger charge is 2.41. The summed E-state index contributed by atoms with van der Waals surface area (Å²) in [6.45, 7) is 0.455. The van der Waals surface area contributed by atoms with Gasteiger partial charge < -0.3 is 14.7 Å². The van der Waals surface area contributed by atoms with Crippen LogP contribution >= 0.6 is 0 Å². The van der Waals surface area contributed by atoms with Gasteiger partial charge in [-0.1, -0.05) is 6.07 Å². The second-order valence-electron chi connectivity index (χ2n) is 7.94. The quantitative estimate of drug-likeness (QED) is 0.512. The molecule has 0 radical (unpaired) electrons. The largest absolute Gasteiger partial charge is 0.494 e. The average molecular weight is 437 g/mol. The first kappa shape index (κ1) is 21.7. The Morgan fingerprint density at radius 2 is 2.16 bits per heavy atom. The Kier molecular flexibility index (Phi) is 6.30. The summed E-state index contributed by atoms with van der Waals surface area (Å²) in [7, 11) is 1.36. The molecule has 0 aliphatic carbocycles. The SMILES string of the molecule is COc1ccc(C(CC(=O)O)N2CC(CCCc3ccc4cccnc4n3)C2=O)cc1F. The van der Waals surface area contributed by atoms with Crippen molar-refractivity contribution in [2.75, 3.05) is 13.7 Å². The number of aliphatic carboxylic acids is 1. The van der Waals surface area contributed by atoms with Gasteiger partial charge in [0.25, 0.3) is 0 Å². The van der Waals surface area contributed by atoms with Gasteiger partial charge in [0.2, 0.25) is 5.91 Å². The van der Waals surface area contributed by atoms with E-state index in [-0.39, 0.29) is 24.0 Å². The van der Waals surface area contributed by atoms with Crippen molar-refractivity contribution in [3.8, 4) is 5.75 Å². The lowest BCUT2D eigenvalue weighted by Crippen LogP contribution is -2.54. The first-order valence-electron chi connectivity index (χ1n) is 10.5. The third kappa shape index (κ3) is 4.54. The smallest absolute Gasteiger partial charge is 0.305 e. The predicted molar refractivity (Wildman–Crippen MR) is 116 cm³/mol. The predicted octanol–water partition coefficient (Wildman–Crippen LogP) is 3.77. The molecule has 0 spiro atoms. The molecule has 0 saturated carbocycles. The summed E-state index contributed by atoms with van der Waals surface area (Å²) in [5.41, 5.74) is 2.08. The van der Waals surface area contributed by atoms with Gasteiger partial charge in [-0.25, -0.2) is 14.4 Å². The molecule has 1 aliphatic rings. The minimum atomic E-state index is -1.04. The lowest BCUT2D eigenvalue weighted by molar-refractivity contribution is -0.154. The standard InChI is InChI=1S/C24H24FN3O4/c1-32-21-10-8-16(12-19(21)25)20(13-22(29)30)28-14-17(24(28)31)4-2-6-18-9-7-15-5-3-11-26-23(15)27-18/h3,5,7-12,17,20H,2,4,6,13-14H2,1H3,(H,29,30). The van der Waals surface area contributed by atoms with E-state index in [4.69, 9.17) is 4.74 Å². The molecule has 2 aromatic heterocycles. The summed E-state index contributed by atoms with van der Waals surface area (Å²) in [5, 5.41) is 10.3. The molecule has 3 heterocycles. The van der Waals surface area contributed by atoms with E-state index in [1.54, 1.807) is 12.3 Å². The lowest BCUT2D eigenvalue weighted by Gasteiger charge is -2.43. The van der Waals surface area contributed by atoms with Gasteiger partial charge in [0.05, 0.1) is 25.5 Å². The van der Waals surface area contributed by atoms with Gasteiger partial charge in [0, 0.05) is 23.8 Å². The zero-order chi connectivity index (χ0) is 22.7. The van der Waals surface area contributed by atoms with Gasteiger partial charge in [-0.05, 0) is 61.2 Å². The number of carbonyl (C=O) groups is 2. The van der Waals surface area contributed by atoms with Crippen LogP contribution in [0.25, 0.3) is 11.0 Å². The van der Waals surface area contributed by atoms with Crippen LogP contribution in [-0.4, -0.2) is 45.5 Å². The molecule has 8 heteroatoms. The van der Waals surface area contributed by atoms with Crippen LogP contribution in [0.15, 0.2) is 48.7 Å². The zero-order valence-electron chi connectivity index (χ0n) is 17.7. The van der Waals surface area contributed by atoms with E-state index in [1.807, 2.05) is 24.3 Å². The number of rotatable bonds is 9. The van der Waals surface area contributed by atoms with Gasteiger partial charge in [-0.3, -0.25) is 9.59 Å². The Hall–Kier alpha value is -3.55. The third-order valence-electron chi connectivity index (χ3n) is 5.86. The van der Waals surface area contributed by atoms with Crippen LogP contribution in [-0.2, 0) is 16.0 Å². The number of amides is 1. The maximum absolute atomic E-state index is 14.1. The van der Waals surface area contributed by atoms with Gasteiger partial charge in [-0.2, -0.15) is 0 Å². The number of hydrogen-bond acceptors (Lipinski definition) is 5. The van der Waals surface area contributed by atoms with E-state index in [0.717, 1.165) is 23.9 Å². The number of β-lactam (4-membered cyclic amide) rings is 1. The summed E-state index contributed by atoms with van der Waals surface area (Å²) in [6.07, 6.45) is 3.64. The van der Waals surface area contributed by atoms with Gasteiger partial charge >= 0.3 is 5.97 Å². The number of methoxy groups -OCH3 is 1. The Bertz CT molecular complexity index is 1150. The molecule has 1 N–H and O–H groups in total. The van der Waals surface area contributed by atoms with Crippen LogP contribution in [0.1, 0.15) is 36.6 Å². The normalized spacial score (nSPS) is 16.6. The van der Waals surface area contributed by atoms with Crippen LogP contribution in [0.4, 0.5) is 4.39 Å². The number of pyridine rings is 2. The molecule has 2 unspecified atom stereocenters. The molecule has 0 bridgehead atoms. The average Bonchev–Trinajstić information content (AvgIpc) is 2.79. The zero-order valence-corrected chi connectivity index (χ0v) is 17.7. The number of aromatic nitrogens is 2. The highest BCUT2D eigenvalue weighted by molar-refractivity contribution is 5.85. The summed E-state index contributed by atoms with van der Waals surface area (Å²) in [5.74, 6) is -1.80. The second-order valence-corrected chi connectivity index (χ2v) is 7.94. The number of ether oxygens (including phenoxy) is 1. The molecule has 2 atom stereocenters. The summed E-state index contributed by atoms with van der Waals surface area (Å²) in [6, 6.07) is 11.4. The van der Waals surface area contributed by atoms with Crippen LogP contribution < -0.4 is 4.74 Å². The molecule has 1 fully saturated rings. The monoisotopic (exact) mass is 437 g/mol. The van der Waals surface area contributed by atoms with E-state index in [2.05, 4.69) is 9.97 Å². The summed E-state index contributed by atoms with van der Waals surface area (Å²) >= 11 is 0. The van der Waals surface area contributed by atoms with Crippen LogP contribution in [0.3, 0.4) is 0 Å². The first-order chi connectivity index (χ1) is 15.5. The highest BCUT2D eigenvalue weighted by atomic mass is 19.1. The van der Waals surface area contributed by atoms with Crippen molar-refractivity contribution < 1.29 is 23.8 Å². The van der Waals surface area contributed by atoms with Gasteiger partial charge in [0.15, 0.2) is 17.2 Å². The first-order valence-corrected chi connectivity index (χ1v) is 10.5. The molecule has 3 aromatic rings. The maximum Gasteiger partial charge on any atom is 0.305 e. The van der Waals surface area contributed by atoms with E-state index in [1.165, 1.54) is 24.1 Å². The van der Waals surface area contributed by atoms with E-state index in [9.17, 15) is 19.1 Å². The Balaban J connectivity index is 1.36. The van der Waals surface area contributed by atoms with Crippen molar-refractivity contribution in [1.82, 2.24) is 14.9 Å². The second kappa shape index (κ2) is 9.30. The number of carbonyl (C=O) groups excluding carboxylic acids is 1. The van der Waals surface area contributed by atoms with Crippen molar-refractivity contribution in [3.05, 3.63) is 65.7 Å². The number of benzene rings is 1. The molecular formula is C24H24FN3O4. The Morgan fingerprint density at radius 1 is 1.31 bits per heavy atom. The Morgan fingerprint density at radius 3 is 2.88 bits per heavy atom. The molecule has 32 heavy (non-hydrogen) atoms. The molecule has 7 nitrogen and oxygen atoms in total. The number of halogens is 1. The molecule has 1 aliphatic heterocycles. The number of carboxylic acids is 1. The number of carboxylic acid groups (broad SMARTS) is 1. The van der Waals surface area contributed by atoms with Crippen molar-refractivity contribution in [3.63, 3.8) is 0 Å². The number of hydrogen-bond donors (Lipinski definition) is 1. The van der Waals surface area contributed by atoms with E-state index in [0.29, 0.717) is 24.2 Å². The fraction of sp³-hybridized carbons (Fsp3) is 0.333. The Labute approximate surface area is 184 Å². The van der Waals surface area contributed by atoms with Crippen LogP contribution in [0.5, 0.6) is 5.75 Å². The van der Waals surface area contributed by atoms with E-state index >= 15 is 0 Å². The summed E-state index contributed by atoms with van der Waals surface area (Å²) < 4.78 is 19.1. The highest BCUT2D eigenvalue weighted by Crippen LogP contribution is 2.36.